The molecule has 37 heavy (non-hydrogen) atoms. The molecule has 5 rings (SSSR count). The third kappa shape index (κ3) is 5.70. The molecular weight excluding hydrogens is 537 g/mol. The minimum Gasteiger partial charge on any atom is -0.285 e. The SMILES string of the molecule is CCCCN=C(/C=C1\SN(c2cccc3ccccc23)C(=S)N1c1ccc(Cl)cc1)c1ccc(Cl)cc1. The molecule has 0 saturated carbocycles. The van der Waals surface area contributed by atoms with Gasteiger partial charge in [0.15, 0.2) is 5.11 Å². The average molecular weight is 563 g/mol. The lowest BCUT2D eigenvalue weighted by molar-refractivity contribution is 0.808. The van der Waals surface area contributed by atoms with Gasteiger partial charge in [-0.25, -0.2) is 0 Å². The molecule has 0 radical (unpaired) electrons. The van der Waals surface area contributed by atoms with Crippen molar-refractivity contribution in [1.29, 1.82) is 0 Å². The fraction of sp³-hybridized carbons (Fsp3) is 0.133. The Kier molecular flexibility index (Phi) is 8.16. The van der Waals surface area contributed by atoms with Gasteiger partial charge in [0.2, 0.25) is 0 Å². The maximum absolute atomic E-state index is 6.22. The van der Waals surface area contributed by atoms with E-state index >= 15 is 0 Å². The molecule has 4 aromatic carbocycles. The summed E-state index contributed by atoms with van der Waals surface area (Å²) in [5.41, 5.74) is 3.90. The topological polar surface area (TPSA) is 18.8 Å². The molecule has 0 bridgehead atoms. The Morgan fingerprint density at radius 3 is 2.30 bits per heavy atom. The quantitative estimate of drug-likeness (QED) is 0.0966. The zero-order chi connectivity index (χ0) is 25.8. The predicted molar refractivity (Wildman–Crippen MR) is 166 cm³/mol. The van der Waals surface area contributed by atoms with Gasteiger partial charge in [-0.3, -0.25) is 14.2 Å². The number of benzene rings is 4. The molecule has 186 valence electrons. The summed E-state index contributed by atoms with van der Waals surface area (Å²) in [6, 6.07) is 30.2. The van der Waals surface area contributed by atoms with Crippen LogP contribution in [0.1, 0.15) is 25.3 Å². The number of aliphatic imine (C=N–C) groups is 1. The minimum atomic E-state index is 0.680. The van der Waals surface area contributed by atoms with Crippen LogP contribution in [0.5, 0.6) is 0 Å². The second-order valence-corrected chi connectivity index (χ2v) is 10.8. The maximum atomic E-state index is 6.22. The fourth-order valence-corrected chi connectivity index (χ4v) is 5.90. The first-order valence-electron chi connectivity index (χ1n) is 12.1. The van der Waals surface area contributed by atoms with Crippen molar-refractivity contribution in [2.75, 3.05) is 15.7 Å². The van der Waals surface area contributed by atoms with Gasteiger partial charge in [0.25, 0.3) is 0 Å². The summed E-state index contributed by atoms with van der Waals surface area (Å²) in [4.78, 5) is 7.05. The number of anilines is 2. The van der Waals surface area contributed by atoms with E-state index in [1.807, 2.05) is 48.5 Å². The molecule has 1 fully saturated rings. The average Bonchev–Trinajstić information content (AvgIpc) is 3.24. The summed E-state index contributed by atoms with van der Waals surface area (Å²) < 4.78 is 2.11. The Morgan fingerprint density at radius 2 is 1.57 bits per heavy atom. The normalized spacial score (nSPS) is 15.3. The number of halogens is 2. The van der Waals surface area contributed by atoms with Crippen molar-refractivity contribution in [2.24, 2.45) is 4.99 Å². The molecule has 1 aliphatic rings. The van der Waals surface area contributed by atoms with E-state index < -0.39 is 0 Å². The Balaban J connectivity index is 1.62. The van der Waals surface area contributed by atoms with Crippen LogP contribution in [0.2, 0.25) is 10.0 Å². The molecule has 3 nitrogen and oxygen atoms in total. The van der Waals surface area contributed by atoms with Gasteiger partial charge >= 0.3 is 0 Å². The molecule has 0 unspecified atom stereocenters. The Morgan fingerprint density at radius 1 is 0.892 bits per heavy atom. The third-order valence-corrected chi connectivity index (χ3v) is 8.06. The largest absolute Gasteiger partial charge is 0.285 e. The molecule has 7 heteroatoms. The molecule has 1 saturated heterocycles. The molecule has 1 aliphatic heterocycles. The van der Waals surface area contributed by atoms with E-state index in [0.717, 1.165) is 52.5 Å². The first kappa shape index (κ1) is 25.8. The fourth-order valence-electron chi connectivity index (χ4n) is 4.13. The third-order valence-electron chi connectivity index (χ3n) is 6.03. The summed E-state index contributed by atoms with van der Waals surface area (Å²) in [5.74, 6) is 0. The van der Waals surface area contributed by atoms with Crippen LogP contribution < -0.4 is 9.21 Å². The molecule has 0 aromatic heterocycles. The van der Waals surface area contributed by atoms with Crippen LogP contribution in [-0.4, -0.2) is 17.4 Å². The summed E-state index contributed by atoms with van der Waals surface area (Å²) in [6.07, 6.45) is 4.23. The highest BCUT2D eigenvalue weighted by molar-refractivity contribution is 8.07. The summed E-state index contributed by atoms with van der Waals surface area (Å²) in [7, 11) is 0. The van der Waals surface area contributed by atoms with Crippen molar-refractivity contribution in [2.45, 2.75) is 19.8 Å². The van der Waals surface area contributed by atoms with E-state index in [-0.39, 0.29) is 0 Å². The zero-order valence-corrected chi connectivity index (χ0v) is 23.4. The van der Waals surface area contributed by atoms with Gasteiger partial charge < -0.3 is 0 Å². The lowest BCUT2D eigenvalue weighted by Gasteiger charge is -2.21. The van der Waals surface area contributed by atoms with Gasteiger partial charge in [-0.05, 0) is 78.1 Å². The van der Waals surface area contributed by atoms with E-state index in [4.69, 9.17) is 40.4 Å². The van der Waals surface area contributed by atoms with Crippen molar-refractivity contribution < 1.29 is 0 Å². The highest BCUT2D eigenvalue weighted by atomic mass is 35.5. The van der Waals surface area contributed by atoms with Crippen LogP contribution in [0, 0.1) is 0 Å². The number of thiocarbonyl (C=S) groups is 1. The van der Waals surface area contributed by atoms with E-state index in [2.05, 4.69) is 64.7 Å². The minimum absolute atomic E-state index is 0.680. The van der Waals surface area contributed by atoms with Crippen molar-refractivity contribution in [3.05, 3.63) is 118 Å². The number of hydrogen-bond acceptors (Lipinski definition) is 3. The molecule has 0 aliphatic carbocycles. The van der Waals surface area contributed by atoms with Crippen molar-refractivity contribution in [3.8, 4) is 0 Å². The van der Waals surface area contributed by atoms with Gasteiger partial charge in [0.1, 0.15) is 5.03 Å². The Hall–Kier alpha value is -2.83. The van der Waals surface area contributed by atoms with Crippen LogP contribution in [0.15, 0.2) is 107 Å². The van der Waals surface area contributed by atoms with Crippen molar-refractivity contribution in [1.82, 2.24) is 0 Å². The molecule has 0 amide bonds. The van der Waals surface area contributed by atoms with Gasteiger partial charge in [-0.1, -0.05) is 85.1 Å². The lowest BCUT2D eigenvalue weighted by atomic mass is 10.1. The van der Waals surface area contributed by atoms with E-state index in [1.54, 1.807) is 11.9 Å². The second kappa shape index (κ2) is 11.7. The highest BCUT2D eigenvalue weighted by Crippen LogP contribution is 2.44. The molecule has 0 atom stereocenters. The van der Waals surface area contributed by atoms with E-state index in [0.29, 0.717) is 15.2 Å². The molecule has 0 N–H and O–H groups in total. The van der Waals surface area contributed by atoms with Crippen LogP contribution in [0.4, 0.5) is 11.4 Å². The van der Waals surface area contributed by atoms with Gasteiger partial charge in [-0.2, -0.15) is 0 Å². The monoisotopic (exact) mass is 561 g/mol. The molecule has 4 aromatic rings. The highest BCUT2D eigenvalue weighted by Gasteiger charge is 2.34. The van der Waals surface area contributed by atoms with Crippen molar-refractivity contribution in [3.63, 3.8) is 0 Å². The predicted octanol–water partition coefficient (Wildman–Crippen LogP) is 9.54. The van der Waals surface area contributed by atoms with Gasteiger partial charge in [-0.15, -0.1) is 0 Å². The summed E-state index contributed by atoms with van der Waals surface area (Å²) >= 11 is 20.1. The lowest BCUT2D eigenvalue weighted by Crippen LogP contribution is -2.30. The number of fused-ring (bicyclic) bond motifs is 1. The van der Waals surface area contributed by atoms with Crippen LogP contribution in [-0.2, 0) is 0 Å². The smallest absolute Gasteiger partial charge is 0.196 e. The number of allylic oxidation sites excluding steroid dienone is 1. The maximum Gasteiger partial charge on any atom is 0.196 e. The van der Waals surface area contributed by atoms with Gasteiger partial charge in [0.05, 0.1) is 11.4 Å². The van der Waals surface area contributed by atoms with Crippen LogP contribution in [0.3, 0.4) is 0 Å². The molecular formula is C30H25Cl2N3S2. The second-order valence-electron chi connectivity index (χ2n) is 8.59. The summed E-state index contributed by atoms with van der Waals surface area (Å²) in [6.45, 7) is 2.92. The van der Waals surface area contributed by atoms with Crippen molar-refractivity contribution >= 4 is 80.3 Å². The Bertz CT molecular complexity index is 1480. The molecule has 0 spiro atoms. The summed E-state index contributed by atoms with van der Waals surface area (Å²) in [5, 5.41) is 5.34. The number of hydrogen-bond donors (Lipinski definition) is 0. The van der Waals surface area contributed by atoms with Gasteiger partial charge in [0, 0.05) is 39.6 Å². The molecule has 1 heterocycles. The number of nitrogens with zero attached hydrogens (tertiary/aromatic N) is 3. The van der Waals surface area contributed by atoms with E-state index in [1.165, 1.54) is 5.39 Å². The Labute approximate surface area is 237 Å². The zero-order valence-electron chi connectivity index (χ0n) is 20.3. The number of rotatable bonds is 7. The first-order chi connectivity index (χ1) is 18.0. The number of unbranched alkanes of at least 4 members (excludes halogenated alkanes) is 1. The first-order valence-corrected chi connectivity index (χ1v) is 14.1. The van der Waals surface area contributed by atoms with E-state index in [9.17, 15) is 0 Å². The van der Waals surface area contributed by atoms with Crippen LogP contribution in [0.25, 0.3) is 10.8 Å². The van der Waals surface area contributed by atoms with Crippen LogP contribution >= 0.6 is 47.4 Å². The standard InChI is InChI=1S/C30H25Cl2N3S2/c1-2-3-19-33-27(22-11-13-23(31)14-12-22)20-29-34(25-17-15-24(32)16-18-25)30(36)35(37-29)28-10-6-8-21-7-4-5-9-26(21)28/h4-18,20H,2-3,19H2,1H3/b29-20-,33-27?.